The lowest BCUT2D eigenvalue weighted by Crippen LogP contribution is -1.81. The Morgan fingerprint density at radius 3 is 2.92 bits per heavy atom. The largest absolute Gasteiger partial charge is 0.446 e. The van der Waals surface area contributed by atoms with Gasteiger partial charge in [0.2, 0.25) is 5.82 Å². The predicted octanol–water partition coefficient (Wildman–Crippen LogP) is 2.39. The normalized spacial score (nSPS) is 10.6. The van der Waals surface area contributed by atoms with E-state index in [1.54, 1.807) is 0 Å². The van der Waals surface area contributed by atoms with Gasteiger partial charge in [-0.2, -0.15) is 5.10 Å². The number of halogens is 1. The van der Waals surface area contributed by atoms with Crippen LogP contribution in [0.25, 0.3) is 11.6 Å². The SMILES string of the molecule is CCc1nc(-c2ccc(Br)o2)n[nH]1. The average Bonchev–Trinajstić information content (AvgIpc) is 2.71. The molecule has 0 aromatic carbocycles. The molecule has 13 heavy (non-hydrogen) atoms. The van der Waals surface area contributed by atoms with Gasteiger partial charge in [0.25, 0.3) is 0 Å². The minimum atomic E-state index is 0.600. The Bertz CT molecular complexity index is 407. The number of nitrogens with zero attached hydrogens (tertiary/aromatic N) is 2. The number of rotatable bonds is 2. The molecule has 2 aromatic heterocycles. The van der Waals surface area contributed by atoms with Gasteiger partial charge in [0.15, 0.2) is 10.4 Å². The van der Waals surface area contributed by atoms with E-state index in [1.165, 1.54) is 0 Å². The maximum Gasteiger partial charge on any atom is 0.216 e. The van der Waals surface area contributed by atoms with Crippen LogP contribution < -0.4 is 0 Å². The van der Waals surface area contributed by atoms with Crippen molar-refractivity contribution < 1.29 is 4.42 Å². The summed E-state index contributed by atoms with van der Waals surface area (Å²) in [5.74, 6) is 2.13. The number of aromatic nitrogens is 3. The maximum atomic E-state index is 5.30. The fraction of sp³-hybridized carbons (Fsp3) is 0.250. The van der Waals surface area contributed by atoms with E-state index in [4.69, 9.17) is 4.42 Å². The van der Waals surface area contributed by atoms with Gasteiger partial charge in [-0.1, -0.05) is 6.92 Å². The van der Waals surface area contributed by atoms with E-state index in [9.17, 15) is 0 Å². The van der Waals surface area contributed by atoms with Gasteiger partial charge in [0, 0.05) is 6.42 Å². The summed E-state index contributed by atoms with van der Waals surface area (Å²) in [6.45, 7) is 2.02. The molecule has 0 aliphatic rings. The number of nitrogens with one attached hydrogen (secondary N) is 1. The lowest BCUT2D eigenvalue weighted by atomic mass is 10.4. The fourth-order valence-electron chi connectivity index (χ4n) is 0.998. The lowest BCUT2D eigenvalue weighted by Gasteiger charge is -1.85. The Morgan fingerprint density at radius 2 is 2.38 bits per heavy atom. The summed E-state index contributed by atoms with van der Waals surface area (Å²) in [4.78, 5) is 4.23. The molecule has 5 heteroatoms. The maximum absolute atomic E-state index is 5.30. The van der Waals surface area contributed by atoms with Crippen LogP contribution >= 0.6 is 15.9 Å². The van der Waals surface area contributed by atoms with Crippen LogP contribution in [0, 0.1) is 0 Å². The van der Waals surface area contributed by atoms with Gasteiger partial charge in [0.1, 0.15) is 5.82 Å². The van der Waals surface area contributed by atoms with Gasteiger partial charge in [-0.15, -0.1) is 0 Å². The van der Waals surface area contributed by atoms with Gasteiger partial charge in [0.05, 0.1) is 0 Å². The van der Waals surface area contributed by atoms with Crippen molar-refractivity contribution in [2.24, 2.45) is 0 Å². The lowest BCUT2D eigenvalue weighted by molar-refractivity contribution is 0.551. The van der Waals surface area contributed by atoms with Crippen LogP contribution in [0.15, 0.2) is 21.2 Å². The van der Waals surface area contributed by atoms with Gasteiger partial charge in [-0.3, -0.25) is 5.10 Å². The molecule has 0 saturated heterocycles. The molecular weight excluding hydrogens is 234 g/mol. The van der Waals surface area contributed by atoms with Crippen molar-refractivity contribution >= 4 is 15.9 Å². The van der Waals surface area contributed by atoms with Gasteiger partial charge < -0.3 is 4.42 Å². The summed E-state index contributed by atoms with van der Waals surface area (Å²) in [5.41, 5.74) is 0. The number of aryl methyl sites for hydroxylation is 1. The van der Waals surface area contributed by atoms with Crippen LogP contribution in [0.3, 0.4) is 0 Å². The molecule has 0 aliphatic carbocycles. The van der Waals surface area contributed by atoms with Crippen molar-refractivity contribution in [2.45, 2.75) is 13.3 Å². The highest BCUT2D eigenvalue weighted by molar-refractivity contribution is 9.10. The molecule has 0 bridgehead atoms. The second-order valence-corrected chi connectivity index (χ2v) is 3.34. The summed E-state index contributed by atoms with van der Waals surface area (Å²) in [6, 6.07) is 3.64. The van der Waals surface area contributed by atoms with Gasteiger partial charge >= 0.3 is 0 Å². The Morgan fingerprint density at radius 1 is 1.54 bits per heavy atom. The van der Waals surface area contributed by atoms with E-state index >= 15 is 0 Å². The van der Waals surface area contributed by atoms with E-state index in [-0.39, 0.29) is 0 Å². The Hall–Kier alpha value is -1.10. The number of furan rings is 1. The highest BCUT2D eigenvalue weighted by Crippen LogP contribution is 2.21. The van der Waals surface area contributed by atoms with Gasteiger partial charge in [-0.05, 0) is 28.1 Å². The van der Waals surface area contributed by atoms with Crippen LogP contribution in [0.2, 0.25) is 0 Å². The number of H-pyrrole nitrogens is 1. The standard InChI is InChI=1S/C8H8BrN3O/c1-2-7-10-8(12-11-7)5-3-4-6(9)13-5/h3-4H,2H2,1H3,(H,10,11,12). The molecule has 0 spiro atoms. The third kappa shape index (κ3) is 1.65. The summed E-state index contributed by atoms with van der Waals surface area (Å²) < 4.78 is 5.98. The zero-order valence-electron chi connectivity index (χ0n) is 7.04. The van der Waals surface area contributed by atoms with Crippen LogP contribution in [0.4, 0.5) is 0 Å². The molecule has 2 heterocycles. The second kappa shape index (κ2) is 3.33. The molecular formula is C8H8BrN3O. The van der Waals surface area contributed by atoms with Crippen LogP contribution in [0.1, 0.15) is 12.7 Å². The number of hydrogen-bond acceptors (Lipinski definition) is 3. The van der Waals surface area contributed by atoms with Crippen LogP contribution in [0.5, 0.6) is 0 Å². The molecule has 0 atom stereocenters. The van der Waals surface area contributed by atoms with Crippen molar-refractivity contribution in [1.29, 1.82) is 0 Å². The van der Waals surface area contributed by atoms with E-state index in [2.05, 4.69) is 31.1 Å². The Labute approximate surface area is 83.5 Å². The third-order valence-electron chi connectivity index (χ3n) is 1.66. The predicted molar refractivity (Wildman–Crippen MR) is 51.2 cm³/mol. The van der Waals surface area contributed by atoms with Crippen LogP contribution in [-0.2, 0) is 6.42 Å². The highest BCUT2D eigenvalue weighted by Gasteiger charge is 2.08. The molecule has 0 amide bonds. The van der Waals surface area contributed by atoms with Crippen molar-refractivity contribution in [2.75, 3.05) is 0 Å². The summed E-state index contributed by atoms with van der Waals surface area (Å²) in [6.07, 6.45) is 0.842. The first-order valence-electron chi connectivity index (χ1n) is 3.96. The van der Waals surface area contributed by atoms with Crippen molar-refractivity contribution in [3.8, 4) is 11.6 Å². The molecule has 2 rings (SSSR count). The van der Waals surface area contributed by atoms with E-state index in [1.807, 2.05) is 19.1 Å². The van der Waals surface area contributed by atoms with Crippen molar-refractivity contribution in [3.05, 3.63) is 22.6 Å². The van der Waals surface area contributed by atoms with Crippen molar-refractivity contribution in [3.63, 3.8) is 0 Å². The molecule has 1 N–H and O–H groups in total. The molecule has 4 nitrogen and oxygen atoms in total. The smallest absolute Gasteiger partial charge is 0.216 e. The van der Waals surface area contributed by atoms with E-state index < -0.39 is 0 Å². The topological polar surface area (TPSA) is 54.7 Å². The summed E-state index contributed by atoms with van der Waals surface area (Å²) in [7, 11) is 0. The first-order valence-corrected chi connectivity index (χ1v) is 4.76. The summed E-state index contributed by atoms with van der Waals surface area (Å²) >= 11 is 3.22. The van der Waals surface area contributed by atoms with Gasteiger partial charge in [-0.25, -0.2) is 4.98 Å². The minimum Gasteiger partial charge on any atom is -0.446 e. The minimum absolute atomic E-state index is 0.600. The molecule has 0 unspecified atom stereocenters. The summed E-state index contributed by atoms with van der Waals surface area (Å²) in [5, 5.41) is 6.85. The van der Waals surface area contributed by atoms with Crippen molar-refractivity contribution in [1.82, 2.24) is 15.2 Å². The monoisotopic (exact) mass is 241 g/mol. The molecule has 0 fully saturated rings. The Balaban J connectivity index is 2.35. The zero-order chi connectivity index (χ0) is 9.26. The molecule has 0 saturated carbocycles. The fourth-order valence-corrected chi connectivity index (χ4v) is 1.30. The average molecular weight is 242 g/mol. The zero-order valence-corrected chi connectivity index (χ0v) is 8.63. The number of aromatic amines is 1. The first kappa shape index (κ1) is 8.50. The molecule has 2 aromatic rings. The van der Waals surface area contributed by atoms with Crippen LogP contribution in [-0.4, -0.2) is 15.2 Å². The highest BCUT2D eigenvalue weighted by atomic mass is 79.9. The molecule has 0 radical (unpaired) electrons. The number of hydrogen-bond donors (Lipinski definition) is 1. The van der Waals surface area contributed by atoms with E-state index in [0.717, 1.165) is 12.2 Å². The first-order chi connectivity index (χ1) is 6.29. The Kier molecular flexibility index (Phi) is 2.18. The third-order valence-corrected chi connectivity index (χ3v) is 2.09. The molecule has 68 valence electrons. The quantitative estimate of drug-likeness (QED) is 0.879. The molecule has 0 aliphatic heterocycles. The second-order valence-electron chi connectivity index (χ2n) is 2.56. The van der Waals surface area contributed by atoms with E-state index in [0.29, 0.717) is 16.3 Å².